The van der Waals surface area contributed by atoms with Crippen molar-refractivity contribution in [1.29, 1.82) is 0 Å². The van der Waals surface area contributed by atoms with E-state index in [2.05, 4.69) is 27.6 Å². The maximum Gasteiger partial charge on any atom is 0.233 e. The Kier molecular flexibility index (Phi) is 4.03. The molecule has 20 heavy (non-hydrogen) atoms. The van der Waals surface area contributed by atoms with Gasteiger partial charge in [0.05, 0.1) is 5.25 Å². The number of benzene rings is 1. The standard InChI is InChI=1S/C14H15N3OS2/c1-9-16-17-13(19-9)6-7-15-14(18)12-8-10-4-2-3-5-11(10)20-12/h2-5,12H,6-8H2,1H3,(H,15,18)/t12-/m0/s1. The van der Waals surface area contributed by atoms with Crippen LogP contribution < -0.4 is 5.32 Å². The van der Waals surface area contributed by atoms with Crippen LogP contribution in [0, 0.1) is 6.92 Å². The molecule has 0 saturated heterocycles. The second-order valence-electron chi connectivity index (χ2n) is 4.67. The van der Waals surface area contributed by atoms with Gasteiger partial charge in [-0.3, -0.25) is 4.79 Å². The summed E-state index contributed by atoms with van der Waals surface area (Å²) in [6, 6.07) is 8.22. The molecule has 0 aliphatic carbocycles. The summed E-state index contributed by atoms with van der Waals surface area (Å²) in [4.78, 5) is 13.4. The monoisotopic (exact) mass is 305 g/mol. The first-order valence-corrected chi connectivity index (χ1v) is 8.23. The van der Waals surface area contributed by atoms with Gasteiger partial charge in [-0.25, -0.2) is 0 Å². The lowest BCUT2D eigenvalue weighted by Crippen LogP contribution is -2.33. The van der Waals surface area contributed by atoms with E-state index >= 15 is 0 Å². The molecule has 0 radical (unpaired) electrons. The summed E-state index contributed by atoms with van der Waals surface area (Å²) < 4.78 is 0. The summed E-state index contributed by atoms with van der Waals surface area (Å²) in [5.41, 5.74) is 1.28. The topological polar surface area (TPSA) is 54.9 Å². The van der Waals surface area contributed by atoms with Crippen molar-refractivity contribution in [3.05, 3.63) is 39.8 Å². The Balaban J connectivity index is 1.49. The van der Waals surface area contributed by atoms with Gasteiger partial charge in [0.25, 0.3) is 0 Å². The van der Waals surface area contributed by atoms with Gasteiger partial charge in [-0.15, -0.1) is 33.3 Å². The Morgan fingerprint density at radius 1 is 1.40 bits per heavy atom. The molecule has 1 aliphatic heterocycles. The Morgan fingerprint density at radius 3 is 3.00 bits per heavy atom. The van der Waals surface area contributed by atoms with Gasteiger partial charge in [-0.1, -0.05) is 18.2 Å². The van der Waals surface area contributed by atoms with E-state index in [1.165, 1.54) is 10.5 Å². The highest BCUT2D eigenvalue weighted by atomic mass is 32.2. The fourth-order valence-electron chi connectivity index (χ4n) is 2.17. The molecule has 3 rings (SSSR count). The number of amides is 1. The minimum Gasteiger partial charge on any atom is -0.355 e. The Labute approximate surface area is 126 Å². The van der Waals surface area contributed by atoms with E-state index in [0.29, 0.717) is 6.54 Å². The smallest absolute Gasteiger partial charge is 0.233 e. The third-order valence-electron chi connectivity index (χ3n) is 3.15. The molecule has 1 aromatic heterocycles. The Bertz CT molecular complexity index is 601. The minimum absolute atomic E-state index is 0.00329. The van der Waals surface area contributed by atoms with Gasteiger partial charge in [0, 0.05) is 17.9 Å². The summed E-state index contributed by atoms with van der Waals surface area (Å²) in [5.74, 6) is 0.118. The normalized spacial score (nSPS) is 16.9. The van der Waals surface area contributed by atoms with E-state index < -0.39 is 0 Å². The first-order chi connectivity index (χ1) is 9.72. The van der Waals surface area contributed by atoms with Gasteiger partial charge in [-0.05, 0) is 25.0 Å². The van der Waals surface area contributed by atoms with Crippen molar-refractivity contribution in [2.45, 2.75) is 29.9 Å². The average Bonchev–Trinajstić information content (AvgIpc) is 3.04. The number of carbonyl (C=O) groups excluding carboxylic acids is 1. The van der Waals surface area contributed by atoms with Crippen LogP contribution in [0.2, 0.25) is 0 Å². The van der Waals surface area contributed by atoms with E-state index in [0.717, 1.165) is 22.9 Å². The zero-order valence-corrected chi connectivity index (χ0v) is 12.8. The van der Waals surface area contributed by atoms with Crippen LogP contribution in [-0.4, -0.2) is 27.9 Å². The maximum atomic E-state index is 12.1. The minimum atomic E-state index is 0.00329. The van der Waals surface area contributed by atoms with Crippen molar-refractivity contribution in [1.82, 2.24) is 15.5 Å². The largest absolute Gasteiger partial charge is 0.355 e. The van der Waals surface area contributed by atoms with Crippen LogP contribution >= 0.6 is 23.1 Å². The summed E-state index contributed by atoms with van der Waals surface area (Å²) in [6.07, 6.45) is 1.58. The van der Waals surface area contributed by atoms with Gasteiger partial charge in [0.2, 0.25) is 5.91 Å². The number of hydrogen-bond acceptors (Lipinski definition) is 5. The molecular weight excluding hydrogens is 290 g/mol. The van der Waals surface area contributed by atoms with E-state index in [4.69, 9.17) is 0 Å². The van der Waals surface area contributed by atoms with Gasteiger partial charge < -0.3 is 5.32 Å². The SMILES string of the molecule is Cc1nnc(CCNC(=O)[C@@H]2Cc3ccccc3S2)s1. The van der Waals surface area contributed by atoms with Crippen LogP contribution in [0.15, 0.2) is 29.2 Å². The average molecular weight is 305 g/mol. The first kappa shape index (κ1) is 13.6. The number of fused-ring (bicyclic) bond motifs is 1. The summed E-state index contributed by atoms with van der Waals surface area (Å²) in [5, 5.41) is 13.0. The molecule has 0 bridgehead atoms. The summed E-state index contributed by atoms with van der Waals surface area (Å²) in [7, 11) is 0. The molecule has 1 N–H and O–H groups in total. The van der Waals surface area contributed by atoms with E-state index in [1.54, 1.807) is 23.1 Å². The van der Waals surface area contributed by atoms with Crippen LogP contribution in [0.1, 0.15) is 15.6 Å². The van der Waals surface area contributed by atoms with Crippen LogP contribution in [0.5, 0.6) is 0 Å². The summed E-state index contributed by atoms with van der Waals surface area (Å²) in [6.45, 7) is 2.56. The molecule has 1 amide bonds. The fourth-order valence-corrected chi connectivity index (χ4v) is 4.10. The number of aromatic nitrogens is 2. The Morgan fingerprint density at radius 2 is 2.25 bits per heavy atom. The van der Waals surface area contributed by atoms with E-state index in [1.807, 2.05) is 19.1 Å². The number of nitrogens with zero attached hydrogens (tertiary/aromatic N) is 2. The number of hydrogen-bond donors (Lipinski definition) is 1. The molecule has 2 heterocycles. The van der Waals surface area contributed by atoms with Gasteiger partial charge >= 0.3 is 0 Å². The van der Waals surface area contributed by atoms with Crippen LogP contribution in [0.4, 0.5) is 0 Å². The van der Waals surface area contributed by atoms with Gasteiger partial charge in [-0.2, -0.15) is 0 Å². The van der Waals surface area contributed by atoms with Crippen molar-refractivity contribution < 1.29 is 4.79 Å². The lowest BCUT2D eigenvalue weighted by molar-refractivity contribution is -0.120. The number of rotatable bonds is 4. The predicted octanol–water partition coefficient (Wildman–Crippen LogP) is 2.22. The summed E-state index contributed by atoms with van der Waals surface area (Å²) >= 11 is 3.24. The molecule has 104 valence electrons. The number of aryl methyl sites for hydroxylation is 1. The number of carbonyl (C=O) groups is 1. The zero-order chi connectivity index (χ0) is 13.9. The molecular formula is C14H15N3OS2. The van der Waals surface area contributed by atoms with Crippen LogP contribution in [0.3, 0.4) is 0 Å². The van der Waals surface area contributed by atoms with Crippen molar-refractivity contribution in [2.24, 2.45) is 0 Å². The van der Waals surface area contributed by atoms with Crippen molar-refractivity contribution >= 4 is 29.0 Å². The van der Waals surface area contributed by atoms with E-state index in [-0.39, 0.29) is 11.2 Å². The molecule has 0 unspecified atom stereocenters. The van der Waals surface area contributed by atoms with Crippen LogP contribution in [-0.2, 0) is 17.6 Å². The molecule has 0 saturated carbocycles. The zero-order valence-electron chi connectivity index (χ0n) is 11.1. The van der Waals surface area contributed by atoms with Gasteiger partial charge in [0.15, 0.2) is 0 Å². The highest BCUT2D eigenvalue weighted by Gasteiger charge is 2.27. The maximum absolute atomic E-state index is 12.1. The highest BCUT2D eigenvalue weighted by molar-refractivity contribution is 8.01. The van der Waals surface area contributed by atoms with Crippen molar-refractivity contribution in [3.63, 3.8) is 0 Å². The quantitative estimate of drug-likeness (QED) is 0.941. The lowest BCUT2D eigenvalue weighted by Gasteiger charge is -2.08. The number of nitrogens with one attached hydrogen (secondary N) is 1. The van der Waals surface area contributed by atoms with Crippen molar-refractivity contribution in [3.8, 4) is 0 Å². The molecule has 1 aliphatic rings. The predicted molar refractivity (Wildman–Crippen MR) is 81.2 cm³/mol. The Hall–Kier alpha value is -1.40. The molecule has 2 aromatic rings. The molecule has 0 fully saturated rings. The first-order valence-electron chi connectivity index (χ1n) is 6.53. The molecule has 1 atom stereocenters. The third-order valence-corrected chi connectivity index (χ3v) is 5.36. The molecule has 6 heteroatoms. The van der Waals surface area contributed by atoms with Gasteiger partial charge in [0.1, 0.15) is 10.0 Å². The highest BCUT2D eigenvalue weighted by Crippen LogP contribution is 2.36. The number of thioether (sulfide) groups is 1. The van der Waals surface area contributed by atoms with Crippen molar-refractivity contribution in [2.75, 3.05) is 6.54 Å². The fraction of sp³-hybridized carbons (Fsp3) is 0.357. The molecule has 1 aromatic carbocycles. The third kappa shape index (κ3) is 3.02. The van der Waals surface area contributed by atoms with E-state index in [9.17, 15) is 4.79 Å². The molecule has 4 nitrogen and oxygen atoms in total. The van der Waals surface area contributed by atoms with Crippen LogP contribution in [0.25, 0.3) is 0 Å². The second kappa shape index (κ2) is 5.93. The second-order valence-corrected chi connectivity index (χ2v) is 7.18. The molecule has 0 spiro atoms. The lowest BCUT2D eigenvalue weighted by atomic mass is 10.1.